The molecule has 0 spiro atoms. The molecular weight excluding hydrogens is 412 g/mol. The summed E-state index contributed by atoms with van der Waals surface area (Å²) < 4.78 is 17.8. The third-order valence-corrected chi connectivity index (χ3v) is 5.95. The molecular formula is C29H26O4. The molecule has 2 aliphatic heterocycles. The lowest BCUT2D eigenvalue weighted by Crippen LogP contribution is -1.98. The van der Waals surface area contributed by atoms with Crippen molar-refractivity contribution in [1.29, 1.82) is 0 Å². The summed E-state index contributed by atoms with van der Waals surface area (Å²) in [7, 11) is 1.68. The van der Waals surface area contributed by atoms with E-state index in [-0.39, 0.29) is 5.75 Å². The average Bonchev–Trinajstić information content (AvgIpc) is 2.84. The zero-order valence-corrected chi connectivity index (χ0v) is 18.6. The van der Waals surface area contributed by atoms with E-state index in [0.29, 0.717) is 11.5 Å². The van der Waals surface area contributed by atoms with Gasteiger partial charge in [0.15, 0.2) is 11.5 Å². The van der Waals surface area contributed by atoms with Gasteiger partial charge in [0.25, 0.3) is 0 Å². The Balaban J connectivity index is 1.53. The first kappa shape index (κ1) is 21.0. The lowest BCUT2D eigenvalue weighted by atomic mass is 10.0. The summed E-state index contributed by atoms with van der Waals surface area (Å²) in [5.74, 6) is 3.79. The number of methoxy groups -OCH3 is 1. The van der Waals surface area contributed by atoms with Crippen molar-refractivity contribution >= 4 is 0 Å². The summed E-state index contributed by atoms with van der Waals surface area (Å²) in [6.07, 6.45) is 3.35. The highest BCUT2D eigenvalue weighted by Gasteiger charge is 2.11. The van der Waals surface area contributed by atoms with Gasteiger partial charge in [0.2, 0.25) is 0 Å². The van der Waals surface area contributed by atoms with E-state index >= 15 is 0 Å². The van der Waals surface area contributed by atoms with Gasteiger partial charge in [-0.2, -0.15) is 0 Å². The van der Waals surface area contributed by atoms with E-state index in [1.54, 1.807) is 13.2 Å². The minimum Gasteiger partial charge on any atom is -0.504 e. The molecule has 0 radical (unpaired) electrons. The number of hydrogen-bond donors (Lipinski definition) is 1. The Kier molecular flexibility index (Phi) is 5.90. The van der Waals surface area contributed by atoms with Crippen molar-refractivity contribution in [3.8, 4) is 34.5 Å². The molecule has 6 rings (SSSR count). The fourth-order valence-electron chi connectivity index (χ4n) is 4.08. The lowest BCUT2D eigenvalue weighted by molar-refractivity contribution is 0.410. The highest BCUT2D eigenvalue weighted by Crippen LogP contribution is 2.34. The fraction of sp³-hybridized carbons (Fsp3) is 0.172. The Bertz CT molecular complexity index is 1260. The van der Waals surface area contributed by atoms with E-state index < -0.39 is 0 Å². The van der Waals surface area contributed by atoms with Crippen LogP contribution >= 0.6 is 0 Å². The number of fused-ring (bicyclic) bond motifs is 4. The summed E-state index contributed by atoms with van der Waals surface area (Å²) in [5.41, 5.74) is 4.58. The molecule has 4 aromatic carbocycles. The molecule has 6 bridgehead atoms. The molecule has 0 atom stereocenters. The van der Waals surface area contributed by atoms with Gasteiger partial charge in [-0.25, -0.2) is 0 Å². The van der Waals surface area contributed by atoms with Crippen LogP contribution in [0.5, 0.6) is 34.5 Å². The molecule has 0 aliphatic carbocycles. The van der Waals surface area contributed by atoms with Crippen LogP contribution in [0.2, 0.25) is 0 Å². The number of rotatable bonds is 1. The molecule has 2 heterocycles. The van der Waals surface area contributed by atoms with E-state index in [1.165, 1.54) is 11.1 Å². The van der Waals surface area contributed by atoms with Crippen LogP contribution in [0.3, 0.4) is 0 Å². The van der Waals surface area contributed by atoms with Gasteiger partial charge >= 0.3 is 0 Å². The van der Waals surface area contributed by atoms with Gasteiger partial charge in [0.1, 0.15) is 23.0 Å². The zero-order chi connectivity index (χ0) is 22.6. The van der Waals surface area contributed by atoms with Crippen molar-refractivity contribution in [2.45, 2.75) is 25.7 Å². The van der Waals surface area contributed by atoms with Crippen LogP contribution in [0, 0.1) is 0 Å². The highest BCUT2D eigenvalue weighted by molar-refractivity contribution is 5.46. The van der Waals surface area contributed by atoms with E-state index in [4.69, 9.17) is 14.2 Å². The molecule has 1 N–H and O–H groups in total. The molecule has 166 valence electrons. The van der Waals surface area contributed by atoms with Crippen molar-refractivity contribution in [2.75, 3.05) is 7.11 Å². The Hall–Kier alpha value is -3.92. The van der Waals surface area contributed by atoms with Gasteiger partial charge < -0.3 is 19.3 Å². The second-order valence-electron chi connectivity index (χ2n) is 8.27. The second kappa shape index (κ2) is 9.29. The van der Waals surface area contributed by atoms with Gasteiger partial charge in [-0.15, -0.1) is 0 Å². The number of hydrogen-bond acceptors (Lipinski definition) is 4. The molecule has 0 saturated carbocycles. The molecule has 0 fully saturated rings. The monoisotopic (exact) mass is 438 g/mol. The topological polar surface area (TPSA) is 47.9 Å². The Morgan fingerprint density at radius 3 is 2.18 bits per heavy atom. The van der Waals surface area contributed by atoms with Gasteiger partial charge in [-0.3, -0.25) is 0 Å². The normalized spacial score (nSPS) is 13.1. The quantitative estimate of drug-likeness (QED) is 0.352. The predicted octanol–water partition coefficient (Wildman–Crippen LogP) is 6.87. The zero-order valence-electron chi connectivity index (χ0n) is 18.6. The molecule has 0 saturated heterocycles. The summed E-state index contributed by atoms with van der Waals surface area (Å²) in [6, 6.07) is 27.7. The lowest BCUT2D eigenvalue weighted by Gasteiger charge is -2.15. The smallest absolute Gasteiger partial charge is 0.169 e. The van der Waals surface area contributed by atoms with Crippen molar-refractivity contribution in [3.63, 3.8) is 0 Å². The third kappa shape index (κ3) is 4.96. The summed E-state index contributed by atoms with van der Waals surface area (Å²) in [4.78, 5) is 0. The average molecular weight is 439 g/mol. The first-order valence-corrected chi connectivity index (χ1v) is 11.2. The Labute approximate surface area is 194 Å². The first-order valence-electron chi connectivity index (χ1n) is 11.2. The molecule has 0 amide bonds. The van der Waals surface area contributed by atoms with Crippen LogP contribution in [0.25, 0.3) is 0 Å². The molecule has 4 heteroatoms. The van der Waals surface area contributed by atoms with Crippen LogP contribution in [0.4, 0.5) is 0 Å². The minimum absolute atomic E-state index is 0.137. The molecule has 0 aromatic heterocycles. The van der Waals surface area contributed by atoms with Crippen LogP contribution in [0.1, 0.15) is 22.3 Å². The fourth-order valence-corrected chi connectivity index (χ4v) is 4.08. The molecule has 33 heavy (non-hydrogen) atoms. The maximum atomic E-state index is 10.3. The van der Waals surface area contributed by atoms with Gasteiger partial charge in [-0.05, 0) is 103 Å². The van der Waals surface area contributed by atoms with Crippen LogP contribution in [-0.2, 0) is 25.7 Å². The number of ether oxygens (including phenoxy) is 3. The van der Waals surface area contributed by atoms with E-state index in [2.05, 4.69) is 24.3 Å². The number of aryl methyl sites for hydroxylation is 4. The molecule has 0 unspecified atom stereocenters. The molecule has 2 aliphatic rings. The van der Waals surface area contributed by atoms with Crippen molar-refractivity contribution in [2.24, 2.45) is 0 Å². The summed E-state index contributed by atoms with van der Waals surface area (Å²) in [5, 5.41) is 10.3. The van der Waals surface area contributed by atoms with E-state index in [0.717, 1.165) is 54.1 Å². The van der Waals surface area contributed by atoms with Crippen molar-refractivity contribution < 1.29 is 19.3 Å². The van der Waals surface area contributed by atoms with Crippen LogP contribution < -0.4 is 14.2 Å². The molecule has 4 aromatic rings. The highest BCUT2D eigenvalue weighted by atomic mass is 16.5. The maximum absolute atomic E-state index is 10.3. The van der Waals surface area contributed by atoms with E-state index in [1.807, 2.05) is 54.6 Å². The van der Waals surface area contributed by atoms with Crippen molar-refractivity contribution in [3.05, 3.63) is 107 Å². The summed E-state index contributed by atoms with van der Waals surface area (Å²) in [6.45, 7) is 0. The second-order valence-corrected chi connectivity index (χ2v) is 8.27. The standard InChI is InChI=1S/C29H26O4/c1-31-25-14-16-28-23(19-25)11-7-20-8-12-24(13-9-20)32-29-18-22(10-15-27(29)30)6-5-21-3-2-4-26(17-21)33-28/h2-4,8-10,12-19,30H,5-7,11H2,1H3. The predicted molar refractivity (Wildman–Crippen MR) is 129 cm³/mol. The number of phenols is 1. The first-order chi connectivity index (χ1) is 16.2. The van der Waals surface area contributed by atoms with Crippen LogP contribution in [0.15, 0.2) is 84.9 Å². The maximum Gasteiger partial charge on any atom is 0.169 e. The SMILES string of the molecule is COc1ccc2c(c1)CCc1ccc(cc1)Oc1cc(ccc1O)CCc1cccc(c1)O2. The number of aromatic hydroxyl groups is 1. The van der Waals surface area contributed by atoms with E-state index in [9.17, 15) is 5.11 Å². The van der Waals surface area contributed by atoms with Gasteiger partial charge in [0.05, 0.1) is 7.11 Å². The largest absolute Gasteiger partial charge is 0.504 e. The Morgan fingerprint density at radius 1 is 0.636 bits per heavy atom. The van der Waals surface area contributed by atoms with Gasteiger partial charge in [0, 0.05) is 0 Å². The van der Waals surface area contributed by atoms with Crippen LogP contribution in [-0.4, -0.2) is 12.2 Å². The number of benzene rings is 4. The molecule has 4 nitrogen and oxygen atoms in total. The number of phenolic OH excluding ortho intramolecular Hbond substituents is 1. The minimum atomic E-state index is 0.137. The third-order valence-electron chi connectivity index (χ3n) is 5.95. The van der Waals surface area contributed by atoms with Crippen molar-refractivity contribution in [1.82, 2.24) is 0 Å². The van der Waals surface area contributed by atoms with Gasteiger partial charge in [-0.1, -0.05) is 30.3 Å². The summed E-state index contributed by atoms with van der Waals surface area (Å²) >= 11 is 0. The Morgan fingerprint density at radius 2 is 1.36 bits per heavy atom.